The first-order valence-corrected chi connectivity index (χ1v) is 43.3. The summed E-state index contributed by atoms with van der Waals surface area (Å²) < 4.78 is 96.5. The Hall–Kier alpha value is -1.49. The number of ether oxygens (including phenoxy) is 15. The summed E-state index contributed by atoms with van der Waals surface area (Å²) >= 11 is 2.18. The Kier molecular flexibility index (Phi) is 86.9. The van der Waals surface area contributed by atoms with Crippen molar-refractivity contribution in [1.82, 2.24) is 0 Å². The van der Waals surface area contributed by atoms with E-state index >= 15 is 0 Å². The monoisotopic (exact) mass is 1920 g/mol. The fourth-order valence-corrected chi connectivity index (χ4v) is 8.06. The van der Waals surface area contributed by atoms with Gasteiger partial charge in [0, 0.05) is 0 Å². The minimum atomic E-state index is -2.50. The number of terminal acetylenes is 1. The van der Waals surface area contributed by atoms with Crippen molar-refractivity contribution >= 4 is 10.1 Å². The van der Waals surface area contributed by atoms with Crippen molar-refractivity contribution < 1.29 is 162 Å². The van der Waals surface area contributed by atoms with Gasteiger partial charge in [-0.25, -0.2) is 14.2 Å². The van der Waals surface area contributed by atoms with Crippen molar-refractivity contribution in [1.29, 1.82) is 0 Å². The summed E-state index contributed by atoms with van der Waals surface area (Å²) in [7, 11) is 0. The summed E-state index contributed by atoms with van der Waals surface area (Å²) in [5.41, 5.74) is 7.97. The van der Waals surface area contributed by atoms with Gasteiger partial charge in [-0.1, -0.05) is 82.4 Å². The summed E-state index contributed by atoms with van der Waals surface area (Å²) in [5, 5.41) is 62.0. The fourth-order valence-electron chi connectivity index (χ4n) is 6.37. The normalized spacial score (nSPS) is 12.0. The van der Waals surface area contributed by atoms with E-state index in [1.807, 2.05) is 33.0 Å². The molecule has 0 radical (unpaired) electrons. The van der Waals surface area contributed by atoms with Crippen molar-refractivity contribution in [2.24, 2.45) is 30.6 Å². The van der Waals surface area contributed by atoms with Gasteiger partial charge in [0.2, 0.25) is 0 Å². The fraction of sp³-hybridized carbons (Fsp3) is 0.800. The number of allylic oxidation sites excluding steroid dienone is 2. The van der Waals surface area contributed by atoms with Crippen LogP contribution < -0.4 is 0 Å². The van der Waals surface area contributed by atoms with Crippen LogP contribution in [0.4, 0.5) is 5.69 Å². The number of rotatable bonds is 33. The molecule has 0 aromatic heterocycles. The molecule has 0 spiro atoms. The first-order chi connectivity index (χ1) is 51.1. The summed E-state index contributed by atoms with van der Waals surface area (Å²) in [6.07, 6.45) is -11.9. The molecule has 0 fully saturated rings. The van der Waals surface area contributed by atoms with Gasteiger partial charge in [-0.3, -0.25) is 0 Å². The van der Waals surface area contributed by atoms with E-state index in [1.165, 1.54) is 16.8 Å². The third-order valence-corrected chi connectivity index (χ3v) is 13.0. The molecule has 0 aliphatic carbocycles. The zero-order chi connectivity index (χ0) is 94.7. The van der Waals surface area contributed by atoms with Crippen LogP contribution in [0.1, 0.15) is 349 Å². The van der Waals surface area contributed by atoms with Gasteiger partial charge in [0.15, 0.2) is 0 Å². The Morgan fingerprint density at radius 1 is 0.422 bits per heavy atom. The Labute approximate surface area is 743 Å². The molecule has 6 N–H and O–H groups in total. The summed E-state index contributed by atoms with van der Waals surface area (Å²) in [6.45, 7) is 105. The van der Waals surface area contributed by atoms with Crippen molar-refractivity contribution in [3.8, 4) is 16.5 Å². The van der Waals surface area contributed by atoms with E-state index in [2.05, 4.69) is 210 Å². The van der Waals surface area contributed by atoms with Gasteiger partial charge in [0.1, 0.15) is 0 Å². The summed E-state index contributed by atoms with van der Waals surface area (Å²) in [5.74, 6) is 3.33. The minimum absolute atomic E-state index is 0. The van der Waals surface area contributed by atoms with Crippen LogP contribution >= 0.6 is 0 Å². The average Bonchev–Trinajstić information content (AvgIpc) is 0.848. The van der Waals surface area contributed by atoms with E-state index in [9.17, 15) is 30.6 Å². The van der Waals surface area contributed by atoms with Gasteiger partial charge >= 0.3 is 236 Å². The van der Waals surface area contributed by atoms with E-state index < -0.39 is 128 Å². The van der Waals surface area contributed by atoms with E-state index in [0.29, 0.717) is 37.0 Å². The molecule has 0 aliphatic heterocycles. The number of benzene rings is 1. The zero-order valence-electron chi connectivity index (χ0n) is 81.0. The second-order valence-corrected chi connectivity index (χ2v) is 37.5. The molecule has 0 bridgehead atoms. The van der Waals surface area contributed by atoms with Gasteiger partial charge in [0.05, 0.1) is 73.2 Å². The molecule has 0 saturated heterocycles. The molecule has 0 heterocycles. The van der Waals surface area contributed by atoms with Crippen LogP contribution in [0.5, 0.6) is 0 Å². The molecule has 0 aliphatic rings. The Morgan fingerprint density at radius 3 is 0.638 bits per heavy atom. The van der Waals surface area contributed by atoms with E-state index in [1.54, 1.807) is 185 Å². The number of nitrogens with zero attached hydrogens (tertiary/aromatic N) is 1. The molecular weight excluding hydrogens is 1730 g/mol. The van der Waals surface area contributed by atoms with Crippen molar-refractivity contribution in [2.75, 3.05) is 0 Å². The quantitative estimate of drug-likeness (QED) is 0.00952. The van der Waals surface area contributed by atoms with Crippen molar-refractivity contribution in [3.05, 3.63) is 81.1 Å². The van der Waals surface area contributed by atoms with Crippen LogP contribution in [-0.4, -0.2) is 145 Å². The Morgan fingerprint density at radius 2 is 0.552 bits per heavy atom. The standard InChI is InChI=1S/3C14H30O7.C12H17N.3C5H11.C5H10.C5H9.C4H6.C3H6.C3H4.CH4.3Mo.O/c3*1-9(2)17-13(15,18-10(3)4)21-14(16,19-11(5)6)20-12(7)8;1-8(2)10-6-5-7-11(9(3)4)12(10)13;5*1-5(2,3)4;1-3-4-2;2*1-3-2;;;;;/h3*9-12,15-16H,1-8H3;5-9H,1-4H3;3*1H2,2-4H3;1H,2-4H3;1-3H3;4H,1H2,2H3;3H,1H2,2H3;1H,2H3;1H4;;;;/q;;;;3*-1;;;;;;;;;+1;. The van der Waals surface area contributed by atoms with Gasteiger partial charge < -0.3 is 108 Å². The molecule has 696 valence electrons. The third kappa shape index (κ3) is 117. The molecule has 1 aromatic rings. The predicted molar refractivity (Wildman–Crippen MR) is 465 cm³/mol. The molecule has 0 atom stereocenters. The second-order valence-electron chi connectivity index (χ2n) is 35.4. The molecule has 23 nitrogen and oxygen atoms in total. The van der Waals surface area contributed by atoms with E-state index in [0.717, 1.165) is 0 Å². The third-order valence-electron chi connectivity index (χ3n) is 8.79. The topological polar surface area (TPSA) is 289 Å². The number of hydrogen-bond donors (Lipinski definition) is 6. The summed E-state index contributed by atoms with van der Waals surface area (Å²) in [4.78, 5) is 0. The van der Waals surface area contributed by atoms with Crippen molar-refractivity contribution in [3.63, 3.8) is 0 Å². The molecule has 1 aromatic carbocycles. The van der Waals surface area contributed by atoms with Crippen LogP contribution in [0.3, 0.4) is 0 Å². The van der Waals surface area contributed by atoms with Gasteiger partial charge in [-0.15, -0.1) is 24.7 Å². The van der Waals surface area contributed by atoms with Gasteiger partial charge in [-0.05, 0) is 193 Å². The number of aliphatic hydroxyl groups is 6. The molecule has 1 rings (SSSR count). The second kappa shape index (κ2) is 71.8. The zero-order valence-corrected chi connectivity index (χ0v) is 87.1. The summed E-state index contributed by atoms with van der Waals surface area (Å²) in [6, 6.07) is 6.65. The number of hydrogen-bond acceptors (Lipinski definition) is 23. The van der Waals surface area contributed by atoms with E-state index in [-0.39, 0.29) is 29.1 Å². The van der Waals surface area contributed by atoms with Crippen LogP contribution in [0.15, 0.2) is 52.7 Å². The van der Waals surface area contributed by atoms with Gasteiger partial charge in [0.25, 0.3) is 0 Å². The molecule has 0 unspecified atom stereocenters. The molecule has 116 heavy (non-hydrogen) atoms. The maximum atomic E-state index is 10.3. The average molecular weight is 1920 g/mol. The Bertz CT molecular complexity index is 2330. The molecule has 0 saturated carbocycles. The van der Waals surface area contributed by atoms with Crippen LogP contribution in [0.25, 0.3) is 0 Å². The molecule has 0 amide bonds. The SMILES string of the molecule is C.C#CC.C=C=CC.C=CC.CC(C)(C)[C]#[Mo+].CC(C)OC(O)(OC(C)C)OC(O)(OC(C)C)OC(C)C.CC(C)OC(O)(OC(C)C)OC(O)(OC(C)C)OC(C)C.CC(C)OC(O)(OC(C)C)OC(O)(OC(C)C)OC(C)C.CC(C)c1cccc(C(C)C)c1[N]=[Mo]=[CH]C(C)(C)C.[CH2-]C(C)(C)C.[CH2-]C(C)(C)C.[CH2-]C(C)(C)C.[O]=[Mo]. The maximum absolute atomic E-state index is 10.3. The van der Waals surface area contributed by atoms with Crippen molar-refractivity contribution in [2.45, 2.75) is 448 Å². The predicted octanol–water partition coefficient (Wildman–Crippen LogP) is 22.2. The van der Waals surface area contributed by atoms with E-state index in [4.69, 9.17) is 77.9 Å². The molecular formula is C90H179Mo3NO22-2. The first-order valence-electron chi connectivity index (χ1n) is 39.4. The van der Waals surface area contributed by atoms with Crippen LogP contribution in [0.2, 0.25) is 0 Å². The van der Waals surface area contributed by atoms with Crippen LogP contribution in [-0.2, 0) is 131 Å². The first kappa shape index (κ1) is 140. The van der Waals surface area contributed by atoms with Crippen LogP contribution in [0, 0.1) is 64.4 Å². The molecule has 26 heteroatoms. The Balaban J connectivity index is -0.000000109. The van der Waals surface area contributed by atoms with Gasteiger partial charge in [-0.2, -0.15) is 16.2 Å².